The maximum Gasteiger partial charge on any atom is 0.270 e. The standard InChI is InChI=1S/C24H23FN4O2/c1-2-29-20-11-4-3-7-16(20)14-21(29)24(30)28-12-6-9-18(15-28)23-26-22(27-31-23)17-8-5-10-19(25)13-17/h3-5,7-8,10-11,13-14,18H,2,6,9,12,15H2,1H3. The van der Waals surface area contributed by atoms with E-state index in [1.165, 1.54) is 12.1 Å². The number of amides is 1. The fraction of sp³-hybridized carbons (Fsp3) is 0.292. The molecule has 4 aromatic rings. The van der Waals surface area contributed by atoms with Crippen LogP contribution in [0.1, 0.15) is 42.1 Å². The van der Waals surface area contributed by atoms with Crippen LogP contribution in [-0.2, 0) is 6.54 Å². The van der Waals surface area contributed by atoms with Crippen molar-refractivity contribution in [3.8, 4) is 11.4 Å². The van der Waals surface area contributed by atoms with E-state index in [9.17, 15) is 9.18 Å². The molecule has 0 N–H and O–H groups in total. The van der Waals surface area contributed by atoms with Gasteiger partial charge in [-0.3, -0.25) is 4.79 Å². The fourth-order valence-electron chi connectivity index (χ4n) is 4.40. The quantitative estimate of drug-likeness (QED) is 0.474. The number of aryl methyl sites for hydroxylation is 1. The summed E-state index contributed by atoms with van der Waals surface area (Å²) in [7, 11) is 0. The largest absolute Gasteiger partial charge is 0.339 e. The molecule has 0 bridgehead atoms. The van der Waals surface area contributed by atoms with Crippen LogP contribution in [0.3, 0.4) is 0 Å². The highest BCUT2D eigenvalue weighted by Gasteiger charge is 2.30. The molecule has 0 aliphatic carbocycles. The minimum atomic E-state index is -0.343. The van der Waals surface area contributed by atoms with E-state index in [2.05, 4.69) is 21.6 Å². The van der Waals surface area contributed by atoms with Crippen LogP contribution in [0.2, 0.25) is 0 Å². The summed E-state index contributed by atoms with van der Waals surface area (Å²) in [6.45, 7) is 4.00. The number of hydrogen-bond acceptors (Lipinski definition) is 4. The summed E-state index contributed by atoms with van der Waals surface area (Å²) in [4.78, 5) is 19.8. The first-order valence-electron chi connectivity index (χ1n) is 10.6. The van der Waals surface area contributed by atoms with Gasteiger partial charge in [0.1, 0.15) is 11.5 Å². The van der Waals surface area contributed by atoms with E-state index in [1.807, 2.05) is 35.2 Å². The molecule has 0 spiro atoms. The summed E-state index contributed by atoms with van der Waals surface area (Å²) in [5.74, 6) is 0.501. The highest BCUT2D eigenvalue weighted by atomic mass is 19.1. The van der Waals surface area contributed by atoms with E-state index in [4.69, 9.17) is 4.52 Å². The number of aromatic nitrogens is 3. The molecule has 1 amide bonds. The van der Waals surface area contributed by atoms with Crippen LogP contribution < -0.4 is 0 Å². The molecule has 0 saturated carbocycles. The average molecular weight is 418 g/mol. The van der Waals surface area contributed by atoms with Crippen molar-refractivity contribution in [1.82, 2.24) is 19.6 Å². The number of halogens is 1. The molecule has 158 valence electrons. The zero-order chi connectivity index (χ0) is 21.4. The summed E-state index contributed by atoms with van der Waals surface area (Å²) in [5, 5.41) is 5.09. The Hall–Kier alpha value is -3.48. The van der Waals surface area contributed by atoms with Gasteiger partial charge in [-0.05, 0) is 44.0 Å². The van der Waals surface area contributed by atoms with Gasteiger partial charge < -0.3 is 14.0 Å². The van der Waals surface area contributed by atoms with Crippen LogP contribution in [0.4, 0.5) is 4.39 Å². The number of carbonyl (C=O) groups excluding carboxylic acids is 1. The molecule has 2 aromatic carbocycles. The van der Waals surface area contributed by atoms with Gasteiger partial charge in [-0.15, -0.1) is 0 Å². The van der Waals surface area contributed by atoms with Crippen molar-refractivity contribution in [2.24, 2.45) is 0 Å². The number of benzene rings is 2. The van der Waals surface area contributed by atoms with Gasteiger partial charge in [0.15, 0.2) is 0 Å². The lowest BCUT2D eigenvalue weighted by atomic mass is 9.97. The summed E-state index contributed by atoms with van der Waals surface area (Å²) in [6.07, 6.45) is 1.73. The molecule has 7 heteroatoms. The summed E-state index contributed by atoms with van der Waals surface area (Å²) in [5.41, 5.74) is 2.35. The highest BCUT2D eigenvalue weighted by molar-refractivity contribution is 5.98. The number of hydrogen-bond donors (Lipinski definition) is 0. The molecule has 5 rings (SSSR count). The van der Waals surface area contributed by atoms with Crippen molar-refractivity contribution in [1.29, 1.82) is 0 Å². The smallest absolute Gasteiger partial charge is 0.270 e. The van der Waals surface area contributed by atoms with Crippen molar-refractivity contribution in [2.75, 3.05) is 13.1 Å². The van der Waals surface area contributed by atoms with Gasteiger partial charge in [0.05, 0.1) is 5.92 Å². The lowest BCUT2D eigenvalue weighted by molar-refractivity contribution is 0.0685. The minimum absolute atomic E-state index is 0.0209. The van der Waals surface area contributed by atoms with Crippen molar-refractivity contribution in [3.05, 3.63) is 72.0 Å². The SMILES string of the molecule is CCn1c(C(=O)N2CCCC(c3nc(-c4cccc(F)c4)no3)C2)cc2ccccc21. The second kappa shape index (κ2) is 7.98. The molecular formula is C24H23FN4O2. The number of carbonyl (C=O) groups is 1. The molecule has 1 aliphatic rings. The minimum Gasteiger partial charge on any atom is -0.339 e. The molecule has 3 heterocycles. The first kappa shape index (κ1) is 19.5. The lowest BCUT2D eigenvalue weighted by Gasteiger charge is -2.31. The van der Waals surface area contributed by atoms with Gasteiger partial charge in [-0.2, -0.15) is 4.98 Å². The molecule has 2 aromatic heterocycles. The first-order chi connectivity index (χ1) is 15.1. The van der Waals surface area contributed by atoms with Crippen LogP contribution in [0, 0.1) is 5.82 Å². The van der Waals surface area contributed by atoms with Crippen LogP contribution in [-0.4, -0.2) is 38.6 Å². The predicted octanol–water partition coefficient (Wildman–Crippen LogP) is 4.87. The monoisotopic (exact) mass is 418 g/mol. The number of fused-ring (bicyclic) bond motifs is 1. The van der Waals surface area contributed by atoms with Crippen molar-refractivity contribution in [3.63, 3.8) is 0 Å². The molecule has 1 fully saturated rings. The van der Waals surface area contributed by atoms with Gasteiger partial charge in [-0.25, -0.2) is 4.39 Å². The van der Waals surface area contributed by atoms with Crippen LogP contribution in [0.5, 0.6) is 0 Å². The molecule has 1 aliphatic heterocycles. The molecule has 1 atom stereocenters. The third-order valence-corrected chi connectivity index (χ3v) is 5.93. The van der Waals surface area contributed by atoms with Gasteiger partial charge in [-0.1, -0.05) is 35.5 Å². The summed E-state index contributed by atoms with van der Waals surface area (Å²) < 4.78 is 21.1. The van der Waals surface area contributed by atoms with Crippen molar-refractivity contribution in [2.45, 2.75) is 32.2 Å². The average Bonchev–Trinajstić information content (AvgIpc) is 3.44. The second-order valence-corrected chi connectivity index (χ2v) is 7.89. The second-order valence-electron chi connectivity index (χ2n) is 7.89. The van der Waals surface area contributed by atoms with E-state index in [1.54, 1.807) is 12.1 Å². The molecule has 1 unspecified atom stereocenters. The third-order valence-electron chi connectivity index (χ3n) is 5.93. The molecule has 0 radical (unpaired) electrons. The zero-order valence-electron chi connectivity index (χ0n) is 17.3. The Morgan fingerprint density at radius 3 is 2.90 bits per heavy atom. The predicted molar refractivity (Wildman–Crippen MR) is 115 cm³/mol. The number of para-hydroxylation sites is 1. The molecule has 6 nitrogen and oxygen atoms in total. The van der Waals surface area contributed by atoms with Gasteiger partial charge in [0.2, 0.25) is 11.7 Å². The Bertz CT molecular complexity index is 1250. The maximum atomic E-state index is 13.5. The highest BCUT2D eigenvalue weighted by Crippen LogP contribution is 2.29. The maximum absolute atomic E-state index is 13.5. The Balaban J connectivity index is 1.38. The Kier molecular flexibility index (Phi) is 5.02. The topological polar surface area (TPSA) is 64.2 Å². The van der Waals surface area contributed by atoms with E-state index >= 15 is 0 Å². The van der Waals surface area contributed by atoms with Crippen LogP contribution in [0.15, 0.2) is 59.1 Å². The lowest BCUT2D eigenvalue weighted by Crippen LogP contribution is -2.40. The number of rotatable bonds is 4. The Labute approximate surface area is 179 Å². The first-order valence-corrected chi connectivity index (χ1v) is 10.6. The van der Waals surface area contributed by atoms with E-state index in [0.717, 1.165) is 30.3 Å². The van der Waals surface area contributed by atoms with E-state index in [-0.39, 0.29) is 17.6 Å². The molecule has 1 saturated heterocycles. The molecule has 31 heavy (non-hydrogen) atoms. The number of piperidine rings is 1. The van der Waals surface area contributed by atoms with Gasteiger partial charge in [0.25, 0.3) is 5.91 Å². The van der Waals surface area contributed by atoms with E-state index in [0.29, 0.717) is 36.1 Å². The number of likely N-dealkylation sites (tertiary alicyclic amines) is 1. The Morgan fingerprint density at radius 2 is 2.06 bits per heavy atom. The van der Waals surface area contributed by atoms with Gasteiger partial charge in [0, 0.05) is 36.1 Å². The van der Waals surface area contributed by atoms with Crippen LogP contribution >= 0.6 is 0 Å². The zero-order valence-corrected chi connectivity index (χ0v) is 17.3. The van der Waals surface area contributed by atoms with Crippen molar-refractivity contribution >= 4 is 16.8 Å². The van der Waals surface area contributed by atoms with Gasteiger partial charge >= 0.3 is 0 Å². The normalized spacial score (nSPS) is 16.7. The number of nitrogens with zero attached hydrogens (tertiary/aromatic N) is 4. The van der Waals surface area contributed by atoms with Crippen molar-refractivity contribution < 1.29 is 13.7 Å². The third kappa shape index (κ3) is 3.60. The fourth-order valence-corrected chi connectivity index (χ4v) is 4.40. The molecular weight excluding hydrogens is 395 g/mol. The van der Waals surface area contributed by atoms with E-state index < -0.39 is 0 Å². The van der Waals surface area contributed by atoms with Crippen LogP contribution in [0.25, 0.3) is 22.3 Å². The Morgan fingerprint density at radius 1 is 1.19 bits per heavy atom. The summed E-state index contributed by atoms with van der Waals surface area (Å²) in [6, 6.07) is 16.2. The summed E-state index contributed by atoms with van der Waals surface area (Å²) >= 11 is 0.